The highest BCUT2D eigenvalue weighted by atomic mass is 79.9. The van der Waals surface area contributed by atoms with E-state index in [1.165, 1.54) is 0 Å². The van der Waals surface area contributed by atoms with Crippen LogP contribution in [0.1, 0.15) is 0 Å². The maximum absolute atomic E-state index is 10.4. The molecule has 0 fully saturated rings. The molecule has 0 aliphatic carbocycles. The number of alkyl halides is 1. The van der Waals surface area contributed by atoms with Gasteiger partial charge in [-0.3, -0.25) is 0 Å². The number of rotatable bonds is 3. The molecule has 0 bridgehead atoms. The first-order chi connectivity index (χ1) is 4.18. The van der Waals surface area contributed by atoms with Gasteiger partial charge in [0, 0.05) is 5.33 Å². The van der Waals surface area contributed by atoms with Crippen molar-refractivity contribution in [2.75, 3.05) is 11.9 Å². The summed E-state index contributed by atoms with van der Waals surface area (Å²) < 4.78 is 4.54. The number of esters is 1. The highest BCUT2D eigenvalue weighted by Gasteiger charge is 2.00. The normalized spacial score (nSPS) is 8.56. The minimum Gasteiger partial charge on any atom is -0.460 e. The fourth-order valence-electron chi connectivity index (χ4n) is 0.224. The van der Waals surface area contributed by atoms with Gasteiger partial charge >= 0.3 is 5.97 Å². The molecule has 0 aromatic carbocycles. The Labute approximate surface area is 62.0 Å². The Bertz CT molecular complexity index is 124. The molecule has 0 spiro atoms. The van der Waals surface area contributed by atoms with E-state index in [1.54, 1.807) is 0 Å². The van der Waals surface area contributed by atoms with Crippen LogP contribution >= 0.6 is 15.9 Å². The van der Waals surface area contributed by atoms with Crippen LogP contribution < -0.4 is 5.73 Å². The number of carbonyl (C=O) groups excluding carboxylic acids is 1. The number of hydrogen-bond acceptors (Lipinski definition) is 3. The van der Waals surface area contributed by atoms with Gasteiger partial charge < -0.3 is 10.5 Å². The number of hydrogen-bond donors (Lipinski definition) is 1. The van der Waals surface area contributed by atoms with E-state index >= 15 is 0 Å². The van der Waals surface area contributed by atoms with E-state index in [0.29, 0.717) is 11.9 Å². The maximum Gasteiger partial charge on any atom is 0.353 e. The Kier molecular flexibility index (Phi) is 4.13. The lowest BCUT2D eigenvalue weighted by Gasteiger charge is -1.98. The lowest BCUT2D eigenvalue weighted by atomic mass is 10.5. The van der Waals surface area contributed by atoms with Crippen LogP contribution in [-0.4, -0.2) is 17.9 Å². The van der Waals surface area contributed by atoms with Crippen LogP contribution in [0.4, 0.5) is 0 Å². The third-order valence-electron chi connectivity index (χ3n) is 0.572. The van der Waals surface area contributed by atoms with Crippen molar-refractivity contribution in [2.45, 2.75) is 0 Å². The Morgan fingerprint density at radius 2 is 2.33 bits per heavy atom. The summed E-state index contributed by atoms with van der Waals surface area (Å²) in [5, 5.41) is 0.617. The maximum atomic E-state index is 10.4. The summed E-state index contributed by atoms with van der Waals surface area (Å²) in [7, 11) is 0. The van der Waals surface area contributed by atoms with Crippen LogP contribution in [0.5, 0.6) is 0 Å². The lowest BCUT2D eigenvalue weighted by molar-refractivity contribution is -0.138. The third-order valence-corrected chi connectivity index (χ3v) is 0.896. The fourth-order valence-corrected chi connectivity index (χ4v) is 0.386. The van der Waals surface area contributed by atoms with Crippen molar-refractivity contribution in [3.8, 4) is 0 Å². The van der Waals surface area contributed by atoms with Crippen molar-refractivity contribution >= 4 is 21.9 Å². The van der Waals surface area contributed by atoms with E-state index in [1.807, 2.05) is 0 Å². The van der Waals surface area contributed by atoms with Crippen LogP contribution in [-0.2, 0) is 9.53 Å². The highest BCUT2D eigenvalue weighted by molar-refractivity contribution is 9.09. The van der Waals surface area contributed by atoms with E-state index in [9.17, 15) is 4.79 Å². The van der Waals surface area contributed by atoms with Gasteiger partial charge in [0.25, 0.3) is 0 Å². The zero-order valence-corrected chi connectivity index (χ0v) is 6.48. The van der Waals surface area contributed by atoms with Gasteiger partial charge in [0.1, 0.15) is 12.3 Å². The van der Waals surface area contributed by atoms with Gasteiger partial charge in [0.05, 0.1) is 0 Å². The zero-order valence-electron chi connectivity index (χ0n) is 4.89. The van der Waals surface area contributed by atoms with E-state index in [-0.39, 0.29) is 5.70 Å². The molecule has 0 aromatic heterocycles. The van der Waals surface area contributed by atoms with Crippen LogP contribution in [0.25, 0.3) is 0 Å². The number of nitrogens with two attached hydrogens (primary N) is 1. The fraction of sp³-hybridized carbons (Fsp3) is 0.400. The van der Waals surface area contributed by atoms with Crippen LogP contribution in [0.15, 0.2) is 12.3 Å². The highest BCUT2D eigenvalue weighted by Crippen LogP contribution is 1.87. The summed E-state index contributed by atoms with van der Waals surface area (Å²) >= 11 is 3.08. The van der Waals surface area contributed by atoms with Crippen molar-refractivity contribution < 1.29 is 9.53 Å². The standard InChI is InChI=1S/C5H8BrNO2/c1-4(7)5(8)9-3-2-6/h1-3,7H2. The Morgan fingerprint density at radius 1 is 1.78 bits per heavy atom. The molecule has 2 N–H and O–H groups in total. The van der Waals surface area contributed by atoms with Gasteiger partial charge in [-0.05, 0) is 0 Å². The molecule has 0 saturated carbocycles. The van der Waals surface area contributed by atoms with Crippen LogP contribution in [0.3, 0.4) is 0 Å². The molecule has 0 aliphatic heterocycles. The topological polar surface area (TPSA) is 52.3 Å². The molecule has 0 saturated heterocycles. The van der Waals surface area contributed by atoms with Gasteiger partial charge in [-0.1, -0.05) is 22.5 Å². The van der Waals surface area contributed by atoms with Crippen molar-refractivity contribution in [1.82, 2.24) is 0 Å². The summed E-state index contributed by atoms with van der Waals surface area (Å²) in [6.45, 7) is 3.52. The van der Waals surface area contributed by atoms with E-state index in [0.717, 1.165) is 0 Å². The molecular formula is C5H8BrNO2. The minimum absolute atomic E-state index is 0.0593. The molecule has 0 amide bonds. The third kappa shape index (κ3) is 4.02. The zero-order chi connectivity index (χ0) is 7.28. The van der Waals surface area contributed by atoms with E-state index < -0.39 is 5.97 Å². The van der Waals surface area contributed by atoms with Crippen LogP contribution in [0, 0.1) is 0 Å². The molecule has 0 aromatic rings. The second-order valence-electron chi connectivity index (χ2n) is 1.35. The SMILES string of the molecule is C=C(N)C(=O)OCCBr. The molecule has 4 heteroatoms. The quantitative estimate of drug-likeness (QED) is 0.401. The van der Waals surface area contributed by atoms with E-state index in [2.05, 4.69) is 27.2 Å². The smallest absolute Gasteiger partial charge is 0.353 e. The van der Waals surface area contributed by atoms with Crippen molar-refractivity contribution in [3.63, 3.8) is 0 Å². The summed E-state index contributed by atoms with van der Waals surface area (Å²) in [5.41, 5.74) is 4.93. The predicted molar refractivity (Wildman–Crippen MR) is 38.1 cm³/mol. The largest absolute Gasteiger partial charge is 0.460 e. The minimum atomic E-state index is -0.547. The molecule has 0 atom stereocenters. The van der Waals surface area contributed by atoms with E-state index in [4.69, 9.17) is 5.73 Å². The van der Waals surface area contributed by atoms with Gasteiger partial charge in [-0.25, -0.2) is 4.79 Å². The Balaban J connectivity index is 3.39. The summed E-state index contributed by atoms with van der Waals surface area (Å²) in [6.07, 6.45) is 0. The molecule has 0 radical (unpaired) electrons. The Morgan fingerprint density at radius 3 is 2.67 bits per heavy atom. The van der Waals surface area contributed by atoms with Gasteiger partial charge in [0.2, 0.25) is 0 Å². The molecule has 0 heterocycles. The van der Waals surface area contributed by atoms with Gasteiger partial charge in [-0.15, -0.1) is 0 Å². The second kappa shape index (κ2) is 4.38. The first-order valence-corrected chi connectivity index (χ1v) is 3.48. The summed E-state index contributed by atoms with van der Waals surface area (Å²) in [6, 6.07) is 0. The first-order valence-electron chi connectivity index (χ1n) is 2.36. The second-order valence-corrected chi connectivity index (χ2v) is 2.14. The first kappa shape index (κ1) is 8.49. The molecule has 0 aliphatic rings. The lowest BCUT2D eigenvalue weighted by Crippen LogP contribution is -2.14. The average molecular weight is 194 g/mol. The van der Waals surface area contributed by atoms with Crippen molar-refractivity contribution in [1.29, 1.82) is 0 Å². The van der Waals surface area contributed by atoms with Crippen molar-refractivity contribution in [3.05, 3.63) is 12.3 Å². The summed E-state index contributed by atoms with van der Waals surface area (Å²) in [4.78, 5) is 10.4. The molecule has 9 heavy (non-hydrogen) atoms. The molecule has 52 valence electrons. The summed E-state index contributed by atoms with van der Waals surface area (Å²) in [5.74, 6) is -0.547. The molecule has 0 rings (SSSR count). The molecule has 3 nitrogen and oxygen atoms in total. The van der Waals surface area contributed by atoms with Crippen LogP contribution in [0.2, 0.25) is 0 Å². The predicted octanol–water partition coefficient (Wildman–Crippen LogP) is 0.397. The number of ether oxygens (including phenoxy) is 1. The average Bonchev–Trinajstić information content (AvgIpc) is 1.82. The molecular weight excluding hydrogens is 186 g/mol. The number of halogens is 1. The number of carbonyl (C=O) groups is 1. The monoisotopic (exact) mass is 193 g/mol. The molecule has 0 unspecified atom stereocenters. The Hall–Kier alpha value is -0.510. The van der Waals surface area contributed by atoms with Crippen molar-refractivity contribution in [2.24, 2.45) is 5.73 Å². The van der Waals surface area contributed by atoms with Gasteiger partial charge in [0.15, 0.2) is 0 Å². The van der Waals surface area contributed by atoms with Gasteiger partial charge in [-0.2, -0.15) is 0 Å².